The van der Waals surface area contributed by atoms with Crippen LogP contribution in [0.4, 0.5) is 22.0 Å². The lowest BCUT2D eigenvalue weighted by Crippen LogP contribution is -2.27. The molecule has 1 atom stereocenters. The van der Waals surface area contributed by atoms with Crippen LogP contribution in [0.2, 0.25) is 0 Å². The van der Waals surface area contributed by atoms with Gasteiger partial charge in [0.25, 0.3) is 0 Å². The van der Waals surface area contributed by atoms with E-state index in [-0.39, 0.29) is 6.10 Å². The number of benzene rings is 2. The predicted molar refractivity (Wildman–Crippen MR) is 136 cm³/mol. The van der Waals surface area contributed by atoms with Gasteiger partial charge in [-0.3, -0.25) is 10.4 Å². The van der Waals surface area contributed by atoms with Crippen molar-refractivity contribution in [3.05, 3.63) is 65.4 Å². The highest BCUT2D eigenvalue weighted by Crippen LogP contribution is 2.39. The van der Waals surface area contributed by atoms with Gasteiger partial charge in [-0.05, 0) is 60.9 Å². The summed E-state index contributed by atoms with van der Waals surface area (Å²) in [6.45, 7) is 0. The summed E-state index contributed by atoms with van der Waals surface area (Å²) in [6.07, 6.45) is 4.92. The van der Waals surface area contributed by atoms with E-state index in [1.165, 1.54) is 10.4 Å². The van der Waals surface area contributed by atoms with Gasteiger partial charge < -0.3 is 14.8 Å². The summed E-state index contributed by atoms with van der Waals surface area (Å²) in [7, 11) is 1.60. The van der Waals surface area contributed by atoms with Crippen molar-refractivity contribution in [1.29, 1.82) is 0 Å². The van der Waals surface area contributed by atoms with Crippen LogP contribution in [0.5, 0.6) is 5.75 Å². The maximum Gasteiger partial charge on any atom is 0.411 e. The van der Waals surface area contributed by atoms with Gasteiger partial charge in [0.1, 0.15) is 28.8 Å². The Morgan fingerprint density at radius 1 is 1.14 bits per heavy atom. The fourth-order valence-corrected chi connectivity index (χ4v) is 5.66. The molecule has 10 heteroatoms. The molecule has 5 aromatic rings. The first-order chi connectivity index (χ1) is 17.2. The first-order valence-electron chi connectivity index (χ1n) is 11.2. The summed E-state index contributed by atoms with van der Waals surface area (Å²) < 4.78 is 10.9. The molecule has 6 rings (SSSR count). The lowest BCUT2D eigenvalue weighted by Gasteiger charge is -2.23. The average Bonchev–Trinajstić information content (AvgIpc) is 3.48. The van der Waals surface area contributed by atoms with E-state index in [0.717, 1.165) is 51.2 Å². The van der Waals surface area contributed by atoms with E-state index in [1.54, 1.807) is 55.2 Å². The predicted octanol–water partition coefficient (Wildman–Crippen LogP) is 5.43. The zero-order valence-corrected chi connectivity index (χ0v) is 19.7. The Hall–Kier alpha value is -4.18. The molecule has 176 valence electrons. The van der Waals surface area contributed by atoms with E-state index >= 15 is 0 Å². The third-order valence-corrected chi connectivity index (χ3v) is 7.28. The highest BCUT2D eigenvalue weighted by atomic mass is 32.1. The molecule has 1 aliphatic carbocycles. The average molecular weight is 487 g/mol. The Morgan fingerprint density at radius 2 is 2.00 bits per heavy atom. The van der Waals surface area contributed by atoms with Crippen LogP contribution >= 0.6 is 11.3 Å². The van der Waals surface area contributed by atoms with Crippen LogP contribution in [0.3, 0.4) is 0 Å². The fourth-order valence-electron chi connectivity index (χ4n) is 4.41. The summed E-state index contributed by atoms with van der Waals surface area (Å²) in [6, 6.07) is 13.2. The molecular weight excluding hydrogens is 464 g/mol. The second-order valence-electron chi connectivity index (χ2n) is 8.33. The number of nitrogens with zero attached hydrogens (tertiary/aromatic N) is 3. The molecule has 0 saturated heterocycles. The minimum absolute atomic E-state index is 0.193. The van der Waals surface area contributed by atoms with Gasteiger partial charge in [0, 0.05) is 28.1 Å². The number of fused-ring (bicyclic) bond motifs is 4. The number of hydrogen-bond donors (Lipinski definition) is 3. The van der Waals surface area contributed by atoms with Crippen molar-refractivity contribution in [2.75, 3.05) is 17.7 Å². The minimum atomic E-state index is -0.457. The molecule has 0 fully saturated rings. The Labute approximate surface area is 204 Å². The van der Waals surface area contributed by atoms with Crippen LogP contribution < -0.4 is 15.4 Å². The van der Waals surface area contributed by atoms with Crippen LogP contribution in [0, 0.1) is 0 Å². The number of aromatic amines is 1. The number of thiophene rings is 1. The third kappa shape index (κ3) is 4.24. The quantitative estimate of drug-likeness (QED) is 0.304. The monoisotopic (exact) mass is 486 g/mol. The fraction of sp³-hybridized carbons (Fsp3) is 0.200. The van der Waals surface area contributed by atoms with E-state index < -0.39 is 6.09 Å². The van der Waals surface area contributed by atoms with Crippen LogP contribution in [0.1, 0.15) is 16.9 Å². The Kier molecular flexibility index (Phi) is 5.42. The number of ether oxygens (including phenoxy) is 2. The molecule has 0 radical (unpaired) electrons. The highest BCUT2D eigenvalue weighted by Gasteiger charge is 2.27. The van der Waals surface area contributed by atoms with Gasteiger partial charge in [-0.15, -0.1) is 11.3 Å². The number of aromatic nitrogens is 4. The van der Waals surface area contributed by atoms with Crippen LogP contribution in [-0.4, -0.2) is 39.5 Å². The molecule has 9 nitrogen and oxygen atoms in total. The molecule has 3 N–H and O–H groups in total. The van der Waals surface area contributed by atoms with E-state index in [1.807, 2.05) is 18.2 Å². The first-order valence-corrected chi connectivity index (χ1v) is 12.0. The molecule has 0 saturated carbocycles. The van der Waals surface area contributed by atoms with E-state index in [0.29, 0.717) is 12.1 Å². The molecule has 2 aromatic carbocycles. The molecule has 3 aromatic heterocycles. The molecule has 1 aliphatic rings. The van der Waals surface area contributed by atoms with Gasteiger partial charge >= 0.3 is 6.09 Å². The van der Waals surface area contributed by atoms with Crippen molar-refractivity contribution in [2.45, 2.75) is 25.4 Å². The maximum absolute atomic E-state index is 12.5. The number of nitrogens with one attached hydrogen (secondary N) is 3. The maximum atomic E-state index is 12.5. The number of carbonyl (C=O) groups excluding carboxylic acids is 1. The summed E-state index contributed by atoms with van der Waals surface area (Å²) in [4.78, 5) is 23.6. The van der Waals surface area contributed by atoms with Crippen molar-refractivity contribution < 1.29 is 14.3 Å². The van der Waals surface area contributed by atoms with Gasteiger partial charge in [-0.2, -0.15) is 5.10 Å². The normalized spacial score (nSPS) is 15.1. The third-order valence-electron chi connectivity index (χ3n) is 6.11. The van der Waals surface area contributed by atoms with E-state index in [2.05, 4.69) is 30.8 Å². The number of H-pyrrole nitrogens is 1. The standard InChI is InChI=1S/C25H22N6O3S/c1-33-17-5-2-15(3-6-17)30-25(32)34-18-7-8-19-21(11-18)35-24-22(19)23(26-13-27-24)29-16-4-9-20-14(10-16)12-28-31-20/h2-6,9-10,12-13,18H,7-8,11H2,1H3,(H,28,31)(H,30,32)(H,26,27,29). The molecule has 0 bridgehead atoms. The van der Waals surface area contributed by atoms with Crippen molar-refractivity contribution in [1.82, 2.24) is 20.2 Å². The molecule has 0 aliphatic heterocycles. The minimum Gasteiger partial charge on any atom is -0.497 e. The van der Waals surface area contributed by atoms with Crippen LogP contribution in [-0.2, 0) is 17.6 Å². The highest BCUT2D eigenvalue weighted by molar-refractivity contribution is 7.19. The number of amides is 1. The number of rotatable bonds is 5. The summed E-state index contributed by atoms with van der Waals surface area (Å²) >= 11 is 1.64. The smallest absolute Gasteiger partial charge is 0.411 e. The largest absolute Gasteiger partial charge is 0.497 e. The van der Waals surface area contributed by atoms with Gasteiger partial charge in [-0.25, -0.2) is 14.8 Å². The Balaban J connectivity index is 1.18. The van der Waals surface area contributed by atoms with Crippen molar-refractivity contribution >= 4 is 55.7 Å². The van der Waals surface area contributed by atoms with Gasteiger partial charge in [0.05, 0.1) is 24.2 Å². The molecular formula is C25H22N6O3S. The van der Waals surface area contributed by atoms with E-state index in [4.69, 9.17) is 9.47 Å². The zero-order chi connectivity index (χ0) is 23.8. The Morgan fingerprint density at radius 3 is 2.86 bits per heavy atom. The lowest BCUT2D eigenvalue weighted by atomic mass is 9.94. The van der Waals surface area contributed by atoms with Crippen molar-refractivity contribution in [2.24, 2.45) is 0 Å². The number of methoxy groups -OCH3 is 1. The van der Waals surface area contributed by atoms with Crippen molar-refractivity contribution in [3.63, 3.8) is 0 Å². The summed E-state index contributed by atoms with van der Waals surface area (Å²) in [5.74, 6) is 1.51. The second-order valence-corrected chi connectivity index (χ2v) is 9.41. The molecule has 3 heterocycles. The topological polar surface area (TPSA) is 114 Å². The molecule has 1 amide bonds. The Bertz CT molecular complexity index is 1530. The number of anilines is 3. The second kappa shape index (κ2) is 8.88. The number of aryl methyl sites for hydroxylation is 1. The SMILES string of the molecule is COc1ccc(NC(=O)OC2CCc3c(sc4ncnc(Nc5ccc6[nH]ncc6c5)c34)C2)cc1. The lowest BCUT2D eigenvalue weighted by molar-refractivity contribution is 0.103. The zero-order valence-electron chi connectivity index (χ0n) is 18.9. The van der Waals surface area contributed by atoms with Crippen LogP contribution in [0.15, 0.2) is 55.0 Å². The molecule has 0 spiro atoms. The number of hydrogen-bond acceptors (Lipinski definition) is 8. The van der Waals surface area contributed by atoms with Gasteiger partial charge in [0.15, 0.2) is 0 Å². The van der Waals surface area contributed by atoms with Crippen molar-refractivity contribution in [3.8, 4) is 5.75 Å². The number of carbonyl (C=O) groups is 1. The van der Waals surface area contributed by atoms with E-state index in [9.17, 15) is 4.79 Å². The van der Waals surface area contributed by atoms with Gasteiger partial charge in [0.2, 0.25) is 0 Å². The van der Waals surface area contributed by atoms with Crippen LogP contribution in [0.25, 0.3) is 21.1 Å². The molecule has 35 heavy (non-hydrogen) atoms. The first kappa shape index (κ1) is 21.4. The molecule has 1 unspecified atom stereocenters. The van der Waals surface area contributed by atoms with Gasteiger partial charge in [-0.1, -0.05) is 0 Å². The summed E-state index contributed by atoms with van der Waals surface area (Å²) in [5, 5.41) is 15.4. The summed E-state index contributed by atoms with van der Waals surface area (Å²) in [5.41, 5.74) is 3.81.